The summed E-state index contributed by atoms with van der Waals surface area (Å²) in [5, 5.41) is 3.00. The van der Waals surface area contributed by atoms with Crippen molar-refractivity contribution in [2.75, 3.05) is 7.11 Å². The van der Waals surface area contributed by atoms with Gasteiger partial charge in [-0.2, -0.15) is 0 Å². The number of benzene rings is 2. The minimum atomic E-state index is -0.0765. The fourth-order valence-electron chi connectivity index (χ4n) is 2.09. The van der Waals surface area contributed by atoms with Crippen LogP contribution in [0.1, 0.15) is 22.8 Å². The summed E-state index contributed by atoms with van der Waals surface area (Å²) in [6.07, 6.45) is 0.816. The van der Waals surface area contributed by atoms with Gasteiger partial charge in [-0.1, -0.05) is 36.4 Å². The molecular weight excluding hydrogens is 250 g/mol. The van der Waals surface area contributed by atoms with Gasteiger partial charge in [-0.3, -0.25) is 4.79 Å². The van der Waals surface area contributed by atoms with Crippen molar-refractivity contribution in [1.82, 2.24) is 5.32 Å². The summed E-state index contributed by atoms with van der Waals surface area (Å²) in [4.78, 5) is 12.1. The van der Waals surface area contributed by atoms with E-state index in [1.165, 1.54) is 5.56 Å². The summed E-state index contributed by atoms with van der Waals surface area (Å²) in [6, 6.07) is 17.4. The highest BCUT2D eigenvalue weighted by Crippen LogP contribution is 2.12. The summed E-state index contributed by atoms with van der Waals surface area (Å²) in [7, 11) is 1.59. The third-order valence-electron chi connectivity index (χ3n) is 3.09. The normalized spacial score (nSPS) is 11.7. The second kappa shape index (κ2) is 6.75. The minimum absolute atomic E-state index is 0.0765. The standard InChI is InChI=1S/C17H19NO2/c1-13(11-14-7-4-3-5-8-14)18-17(19)15-9-6-10-16(12-15)20-2/h3-10,12-13H,11H2,1-2H3,(H,18,19)/t13-/m0/s1. The van der Waals surface area contributed by atoms with Gasteiger partial charge in [0.25, 0.3) is 5.91 Å². The smallest absolute Gasteiger partial charge is 0.251 e. The van der Waals surface area contributed by atoms with E-state index in [0.717, 1.165) is 6.42 Å². The quantitative estimate of drug-likeness (QED) is 0.906. The maximum atomic E-state index is 12.1. The van der Waals surface area contributed by atoms with Crippen molar-refractivity contribution in [3.63, 3.8) is 0 Å². The molecule has 0 fully saturated rings. The highest BCUT2D eigenvalue weighted by molar-refractivity contribution is 5.94. The van der Waals surface area contributed by atoms with Crippen LogP contribution in [-0.2, 0) is 6.42 Å². The molecule has 0 saturated heterocycles. The number of methoxy groups -OCH3 is 1. The Morgan fingerprint density at radius 3 is 2.60 bits per heavy atom. The van der Waals surface area contributed by atoms with Gasteiger partial charge in [-0.05, 0) is 37.1 Å². The number of nitrogens with one attached hydrogen (secondary N) is 1. The van der Waals surface area contributed by atoms with Gasteiger partial charge >= 0.3 is 0 Å². The molecule has 3 nitrogen and oxygen atoms in total. The molecule has 0 unspecified atom stereocenters. The molecule has 1 amide bonds. The lowest BCUT2D eigenvalue weighted by Gasteiger charge is -2.14. The minimum Gasteiger partial charge on any atom is -0.497 e. The van der Waals surface area contributed by atoms with Crippen molar-refractivity contribution in [1.29, 1.82) is 0 Å². The molecule has 0 aromatic heterocycles. The van der Waals surface area contributed by atoms with Crippen LogP contribution in [0.3, 0.4) is 0 Å². The van der Waals surface area contributed by atoms with Gasteiger partial charge in [-0.25, -0.2) is 0 Å². The van der Waals surface area contributed by atoms with Gasteiger partial charge in [-0.15, -0.1) is 0 Å². The van der Waals surface area contributed by atoms with Crippen molar-refractivity contribution < 1.29 is 9.53 Å². The van der Waals surface area contributed by atoms with Crippen LogP contribution in [0, 0.1) is 0 Å². The first kappa shape index (κ1) is 14.1. The average Bonchev–Trinajstić information content (AvgIpc) is 2.48. The Bertz CT molecular complexity index is 566. The second-order valence-electron chi connectivity index (χ2n) is 4.80. The summed E-state index contributed by atoms with van der Waals surface area (Å²) in [6.45, 7) is 2.01. The zero-order chi connectivity index (χ0) is 14.4. The summed E-state index contributed by atoms with van der Waals surface area (Å²) in [5.41, 5.74) is 1.83. The van der Waals surface area contributed by atoms with Gasteiger partial charge in [0.05, 0.1) is 7.11 Å². The molecule has 2 aromatic carbocycles. The molecule has 2 rings (SSSR count). The molecule has 0 heterocycles. The Labute approximate surface area is 119 Å². The number of carbonyl (C=O) groups is 1. The number of carbonyl (C=O) groups excluding carboxylic acids is 1. The predicted octanol–water partition coefficient (Wildman–Crippen LogP) is 3.06. The Balaban J connectivity index is 1.96. The first-order chi connectivity index (χ1) is 9.69. The molecule has 0 radical (unpaired) electrons. The van der Waals surface area contributed by atoms with E-state index in [0.29, 0.717) is 11.3 Å². The number of hydrogen-bond donors (Lipinski definition) is 1. The number of ether oxygens (including phenoxy) is 1. The summed E-state index contributed by atoms with van der Waals surface area (Å²) >= 11 is 0. The maximum Gasteiger partial charge on any atom is 0.251 e. The predicted molar refractivity (Wildman–Crippen MR) is 80.1 cm³/mol. The van der Waals surface area contributed by atoms with Crippen LogP contribution in [0.15, 0.2) is 54.6 Å². The van der Waals surface area contributed by atoms with E-state index in [4.69, 9.17) is 4.74 Å². The van der Waals surface area contributed by atoms with Crippen LogP contribution < -0.4 is 10.1 Å². The largest absolute Gasteiger partial charge is 0.497 e. The van der Waals surface area contributed by atoms with Gasteiger partial charge < -0.3 is 10.1 Å². The van der Waals surface area contributed by atoms with Gasteiger partial charge in [0.1, 0.15) is 5.75 Å². The second-order valence-corrected chi connectivity index (χ2v) is 4.80. The van der Waals surface area contributed by atoms with Crippen molar-refractivity contribution in [2.45, 2.75) is 19.4 Å². The molecule has 2 aromatic rings. The fraction of sp³-hybridized carbons (Fsp3) is 0.235. The first-order valence-corrected chi connectivity index (χ1v) is 6.68. The van der Waals surface area contributed by atoms with E-state index < -0.39 is 0 Å². The van der Waals surface area contributed by atoms with Crippen LogP contribution >= 0.6 is 0 Å². The molecule has 0 saturated carbocycles. The number of hydrogen-bond acceptors (Lipinski definition) is 2. The summed E-state index contributed by atoms with van der Waals surface area (Å²) in [5.74, 6) is 0.612. The Kier molecular flexibility index (Phi) is 4.77. The highest BCUT2D eigenvalue weighted by atomic mass is 16.5. The lowest BCUT2D eigenvalue weighted by atomic mass is 10.1. The van der Waals surface area contributed by atoms with Crippen LogP contribution in [0.5, 0.6) is 5.75 Å². The maximum absolute atomic E-state index is 12.1. The first-order valence-electron chi connectivity index (χ1n) is 6.68. The van der Waals surface area contributed by atoms with Crippen molar-refractivity contribution >= 4 is 5.91 Å². The molecule has 0 aliphatic carbocycles. The molecule has 0 spiro atoms. The molecule has 1 N–H and O–H groups in total. The van der Waals surface area contributed by atoms with Gasteiger partial charge in [0.2, 0.25) is 0 Å². The van der Waals surface area contributed by atoms with Crippen molar-refractivity contribution in [3.05, 3.63) is 65.7 Å². The van der Waals surface area contributed by atoms with E-state index in [1.807, 2.05) is 37.3 Å². The number of rotatable bonds is 5. The Morgan fingerprint density at radius 1 is 1.15 bits per heavy atom. The molecule has 0 aliphatic heterocycles. The molecule has 0 bridgehead atoms. The number of amides is 1. The van der Waals surface area contributed by atoms with E-state index in [2.05, 4.69) is 17.4 Å². The molecule has 0 aliphatic rings. The van der Waals surface area contributed by atoms with E-state index in [1.54, 1.807) is 19.2 Å². The van der Waals surface area contributed by atoms with Crippen molar-refractivity contribution in [2.24, 2.45) is 0 Å². The molecule has 20 heavy (non-hydrogen) atoms. The van der Waals surface area contributed by atoms with E-state index in [9.17, 15) is 4.79 Å². The zero-order valence-corrected chi connectivity index (χ0v) is 11.8. The Hall–Kier alpha value is -2.29. The van der Waals surface area contributed by atoms with Crippen LogP contribution in [0.2, 0.25) is 0 Å². The lowest BCUT2D eigenvalue weighted by molar-refractivity contribution is 0.0940. The Morgan fingerprint density at radius 2 is 1.90 bits per heavy atom. The lowest BCUT2D eigenvalue weighted by Crippen LogP contribution is -2.34. The van der Waals surface area contributed by atoms with Crippen LogP contribution in [0.25, 0.3) is 0 Å². The van der Waals surface area contributed by atoms with Crippen LogP contribution in [0.4, 0.5) is 0 Å². The van der Waals surface area contributed by atoms with Crippen molar-refractivity contribution in [3.8, 4) is 5.75 Å². The van der Waals surface area contributed by atoms with Crippen LogP contribution in [-0.4, -0.2) is 19.1 Å². The molecule has 3 heteroatoms. The van der Waals surface area contributed by atoms with Gasteiger partial charge in [0.15, 0.2) is 0 Å². The summed E-state index contributed by atoms with van der Waals surface area (Å²) < 4.78 is 5.13. The molecule has 1 atom stereocenters. The van der Waals surface area contributed by atoms with E-state index >= 15 is 0 Å². The zero-order valence-electron chi connectivity index (χ0n) is 11.8. The molecule has 104 valence electrons. The highest BCUT2D eigenvalue weighted by Gasteiger charge is 2.10. The van der Waals surface area contributed by atoms with E-state index in [-0.39, 0.29) is 11.9 Å². The SMILES string of the molecule is COc1cccc(C(=O)N[C@@H](C)Cc2ccccc2)c1. The average molecular weight is 269 g/mol. The molecular formula is C17H19NO2. The third-order valence-corrected chi connectivity index (χ3v) is 3.09. The van der Waals surface area contributed by atoms with Gasteiger partial charge in [0, 0.05) is 11.6 Å². The monoisotopic (exact) mass is 269 g/mol. The third kappa shape index (κ3) is 3.85. The topological polar surface area (TPSA) is 38.3 Å². The fourth-order valence-corrected chi connectivity index (χ4v) is 2.09.